The number of anilines is 1. The Hall–Kier alpha value is -1.20. The summed E-state index contributed by atoms with van der Waals surface area (Å²) < 4.78 is 0.710. The van der Waals surface area contributed by atoms with E-state index in [1.807, 2.05) is 29.6 Å². The van der Waals surface area contributed by atoms with Gasteiger partial charge in [0, 0.05) is 4.88 Å². The number of carbonyl (C=O) groups is 1. The topological polar surface area (TPSA) is 42.0 Å². The Morgan fingerprint density at radius 2 is 2.25 bits per heavy atom. The molecule has 2 rings (SSSR count). The highest BCUT2D eigenvalue weighted by molar-refractivity contribution is 9.10. The summed E-state index contributed by atoms with van der Waals surface area (Å²) >= 11 is 4.83. The molecule has 0 saturated heterocycles. The SMILES string of the molecule is O=C(Cc1cccs1)Nc1cccc(Br)n1. The monoisotopic (exact) mass is 296 g/mol. The van der Waals surface area contributed by atoms with E-state index >= 15 is 0 Å². The van der Waals surface area contributed by atoms with Crippen molar-refractivity contribution in [1.29, 1.82) is 0 Å². The number of pyridine rings is 1. The van der Waals surface area contributed by atoms with Crippen LogP contribution in [0.15, 0.2) is 40.3 Å². The van der Waals surface area contributed by atoms with E-state index in [0.29, 0.717) is 16.8 Å². The van der Waals surface area contributed by atoms with Gasteiger partial charge in [0.05, 0.1) is 6.42 Å². The van der Waals surface area contributed by atoms with E-state index in [4.69, 9.17) is 0 Å². The maximum atomic E-state index is 11.6. The number of nitrogens with zero attached hydrogens (tertiary/aromatic N) is 1. The van der Waals surface area contributed by atoms with Crippen LogP contribution in [0.2, 0.25) is 0 Å². The zero-order valence-electron chi connectivity index (χ0n) is 8.31. The quantitative estimate of drug-likeness (QED) is 0.885. The molecule has 0 spiro atoms. The fraction of sp³-hybridized carbons (Fsp3) is 0.0909. The number of amides is 1. The van der Waals surface area contributed by atoms with Crippen molar-refractivity contribution in [1.82, 2.24) is 4.98 Å². The molecule has 16 heavy (non-hydrogen) atoms. The predicted octanol–water partition coefficient (Wildman–Crippen LogP) is 3.09. The summed E-state index contributed by atoms with van der Waals surface area (Å²) in [6, 6.07) is 9.28. The summed E-state index contributed by atoms with van der Waals surface area (Å²) in [5.41, 5.74) is 0. The minimum Gasteiger partial charge on any atom is -0.310 e. The van der Waals surface area contributed by atoms with Crippen molar-refractivity contribution in [3.8, 4) is 0 Å². The van der Waals surface area contributed by atoms with Gasteiger partial charge in [-0.05, 0) is 39.5 Å². The Kier molecular flexibility index (Phi) is 3.69. The normalized spacial score (nSPS) is 10.1. The third kappa shape index (κ3) is 3.15. The first kappa shape index (κ1) is 11.3. The highest BCUT2D eigenvalue weighted by Crippen LogP contribution is 2.12. The summed E-state index contributed by atoms with van der Waals surface area (Å²) in [6.45, 7) is 0. The molecule has 1 N–H and O–H groups in total. The van der Waals surface area contributed by atoms with Crippen LogP contribution in [0, 0.1) is 0 Å². The summed E-state index contributed by atoms with van der Waals surface area (Å²) in [6.07, 6.45) is 0.395. The third-order valence-corrected chi connectivity index (χ3v) is 3.22. The molecule has 2 heterocycles. The summed E-state index contributed by atoms with van der Waals surface area (Å²) in [5, 5.41) is 4.71. The van der Waals surface area contributed by atoms with E-state index in [0.717, 1.165) is 4.88 Å². The van der Waals surface area contributed by atoms with Gasteiger partial charge < -0.3 is 5.32 Å². The molecule has 0 unspecified atom stereocenters. The van der Waals surface area contributed by atoms with Crippen LogP contribution in [0.1, 0.15) is 4.88 Å². The van der Waals surface area contributed by atoms with E-state index in [1.54, 1.807) is 17.4 Å². The minimum absolute atomic E-state index is 0.0481. The fourth-order valence-electron chi connectivity index (χ4n) is 1.24. The average Bonchev–Trinajstić information content (AvgIpc) is 2.70. The maximum Gasteiger partial charge on any atom is 0.230 e. The van der Waals surface area contributed by atoms with Gasteiger partial charge in [-0.15, -0.1) is 11.3 Å². The van der Waals surface area contributed by atoms with Crippen molar-refractivity contribution in [2.75, 3.05) is 5.32 Å². The largest absolute Gasteiger partial charge is 0.310 e. The average molecular weight is 297 g/mol. The van der Waals surface area contributed by atoms with Gasteiger partial charge in [0.25, 0.3) is 0 Å². The van der Waals surface area contributed by atoms with E-state index in [1.165, 1.54) is 0 Å². The van der Waals surface area contributed by atoms with E-state index in [2.05, 4.69) is 26.2 Å². The zero-order chi connectivity index (χ0) is 11.4. The minimum atomic E-state index is -0.0481. The molecule has 0 aliphatic rings. The number of nitrogens with one attached hydrogen (secondary N) is 1. The number of hydrogen-bond acceptors (Lipinski definition) is 3. The third-order valence-electron chi connectivity index (χ3n) is 1.90. The highest BCUT2D eigenvalue weighted by Gasteiger charge is 2.05. The van der Waals surface area contributed by atoms with Gasteiger partial charge in [0.1, 0.15) is 10.4 Å². The number of hydrogen-bond donors (Lipinski definition) is 1. The Bertz CT molecular complexity index is 484. The second-order valence-corrected chi connectivity index (χ2v) is 4.99. The van der Waals surface area contributed by atoms with Crippen LogP contribution < -0.4 is 5.32 Å². The number of carbonyl (C=O) groups excluding carboxylic acids is 1. The lowest BCUT2D eigenvalue weighted by Crippen LogP contribution is -2.14. The molecule has 82 valence electrons. The molecule has 0 bridgehead atoms. The number of rotatable bonds is 3. The summed E-state index contributed by atoms with van der Waals surface area (Å²) in [4.78, 5) is 16.8. The lowest BCUT2D eigenvalue weighted by Gasteiger charge is -2.03. The first-order valence-electron chi connectivity index (χ1n) is 4.69. The molecule has 1 amide bonds. The molecule has 0 aromatic carbocycles. The van der Waals surface area contributed by atoms with Crippen LogP contribution in [-0.4, -0.2) is 10.9 Å². The molecular formula is C11H9BrN2OS. The molecule has 0 fully saturated rings. The van der Waals surface area contributed by atoms with Gasteiger partial charge in [-0.3, -0.25) is 4.79 Å². The van der Waals surface area contributed by atoms with Crippen molar-refractivity contribution in [2.24, 2.45) is 0 Å². The van der Waals surface area contributed by atoms with Crippen molar-refractivity contribution >= 4 is 39.0 Å². The number of thiophene rings is 1. The Morgan fingerprint density at radius 1 is 1.38 bits per heavy atom. The lowest BCUT2D eigenvalue weighted by atomic mass is 10.3. The van der Waals surface area contributed by atoms with E-state index in [-0.39, 0.29) is 5.91 Å². The standard InChI is InChI=1S/C11H9BrN2OS/c12-9-4-1-5-10(13-9)14-11(15)7-8-3-2-6-16-8/h1-6H,7H2,(H,13,14,15). The predicted molar refractivity (Wildman–Crippen MR) is 68.6 cm³/mol. The summed E-state index contributed by atoms with van der Waals surface area (Å²) in [7, 11) is 0. The van der Waals surface area contributed by atoms with Crippen LogP contribution >= 0.6 is 27.3 Å². The maximum absolute atomic E-state index is 11.6. The van der Waals surface area contributed by atoms with E-state index in [9.17, 15) is 4.79 Å². The first-order valence-corrected chi connectivity index (χ1v) is 6.36. The Balaban J connectivity index is 1.97. The molecule has 5 heteroatoms. The molecule has 2 aromatic heterocycles. The Morgan fingerprint density at radius 3 is 2.94 bits per heavy atom. The van der Waals surface area contributed by atoms with Gasteiger partial charge in [-0.25, -0.2) is 4.98 Å². The molecule has 0 aliphatic carbocycles. The second kappa shape index (κ2) is 5.23. The highest BCUT2D eigenvalue weighted by atomic mass is 79.9. The van der Waals surface area contributed by atoms with Gasteiger partial charge in [0.2, 0.25) is 5.91 Å². The van der Waals surface area contributed by atoms with Crippen LogP contribution in [0.3, 0.4) is 0 Å². The molecule has 0 radical (unpaired) electrons. The zero-order valence-corrected chi connectivity index (χ0v) is 10.7. The first-order chi connectivity index (χ1) is 7.74. The van der Waals surface area contributed by atoms with Crippen molar-refractivity contribution in [3.63, 3.8) is 0 Å². The van der Waals surface area contributed by atoms with Gasteiger partial charge >= 0.3 is 0 Å². The van der Waals surface area contributed by atoms with Gasteiger partial charge in [-0.1, -0.05) is 12.1 Å². The summed E-state index contributed by atoms with van der Waals surface area (Å²) in [5.74, 6) is 0.518. The van der Waals surface area contributed by atoms with Crippen LogP contribution in [0.5, 0.6) is 0 Å². The van der Waals surface area contributed by atoms with Crippen molar-refractivity contribution in [2.45, 2.75) is 6.42 Å². The molecule has 0 atom stereocenters. The van der Waals surface area contributed by atoms with Crippen LogP contribution in [-0.2, 0) is 11.2 Å². The second-order valence-electron chi connectivity index (χ2n) is 3.15. The molecule has 2 aromatic rings. The van der Waals surface area contributed by atoms with Crippen molar-refractivity contribution in [3.05, 3.63) is 45.2 Å². The van der Waals surface area contributed by atoms with Crippen LogP contribution in [0.4, 0.5) is 5.82 Å². The molecule has 0 saturated carbocycles. The van der Waals surface area contributed by atoms with Gasteiger partial charge in [-0.2, -0.15) is 0 Å². The van der Waals surface area contributed by atoms with E-state index < -0.39 is 0 Å². The lowest BCUT2D eigenvalue weighted by molar-refractivity contribution is -0.115. The Labute approximate surface area is 106 Å². The fourth-order valence-corrected chi connectivity index (χ4v) is 2.28. The van der Waals surface area contributed by atoms with Crippen molar-refractivity contribution < 1.29 is 4.79 Å². The molecule has 3 nitrogen and oxygen atoms in total. The molecular weight excluding hydrogens is 288 g/mol. The molecule has 0 aliphatic heterocycles. The van der Waals surface area contributed by atoms with Crippen LogP contribution in [0.25, 0.3) is 0 Å². The smallest absolute Gasteiger partial charge is 0.230 e. The van der Waals surface area contributed by atoms with Gasteiger partial charge in [0.15, 0.2) is 0 Å². The number of aromatic nitrogens is 1. The number of halogens is 1.